The fraction of sp³-hybridized carbons (Fsp3) is 0.577. The van der Waals surface area contributed by atoms with Gasteiger partial charge in [-0.25, -0.2) is 4.79 Å². The third-order valence-corrected chi connectivity index (χ3v) is 5.99. The fourth-order valence-corrected chi connectivity index (χ4v) is 4.23. The number of benzene rings is 1. The summed E-state index contributed by atoms with van der Waals surface area (Å²) in [7, 11) is 3.91. The number of allylic oxidation sites excluding steroid dienone is 3. The van der Waals surface area contributed by atoms with E-state index >= 15 is 0 Å². The lowest BCUT2D eigenvalue weighted by Crippen LogP contribution is -2.33. The lowest BCUT2D eigenvalue weighted by Gasteiger charge is -2.32. The highest BCUT2D eigenvalue weighted by molar-refractivity contribution is 5.72. The van der Waals surface area contributed by atoms with Crippen LogP contribution < -0.4 is 10.1 Å². The number of hydrogen-bond acceptors (Lipinski definition) is 4. The van der Waals surface area contributed by atoms with Crippen molar-refractivity contribution in [2.75, 3.05) is 27.2 Å². The Labute approximate surface area is 188 Å². The molecule has 0 aromatic heterocycles. The van der Waals surface area contributed by atoms with Crippen LogP contribution in [0.5, 0.6) is 11.5 Å². The van der Waals surface area contributed by atoms with Crippen LogP contribution in [0.25, 0.3) is 0 Å². The number of hydrogen-bond donors (Lipinski definition) is 2. The van der Waals surface area contributed by atoms with Gasteiger partial charge < -0.3 is 20.1 Å². The monoisotopic (exact) mass is 428 g/mol. The van der Waals surface area contributed by atoms with Crippen LogP contribution in [0.15, 0.2) is 35.9 Å². The molecule has 31 heavy (non-hydrogen) atoms. The summed E-state index contributed by atoms with van der Waals surface area (Å²) in [4.78, 5) is 14.5. The van der Waals surface area contributed by atoms with E-state index in [9.17, 15) is 9.90 Å². The Kier molecular flexibility index (Phi) is 9.63. The summed E-state index contributed by atoms with van der Waals surface area (Å²) in [5.74, 6) is 0.809. The molecule has 0 bridgehead atoms. The van der Waals surface area contributed by atoms with Crippen LogP contribution in [0.3, 0.4) is 0 Å². The number of phenols is 1. The maximum absolute atomic E-state index is 12.5. The Morgan fingerprint density at radius 3 is 2.71 bits per heavy atom. The molecule has 172 valence electrons. The first-order chi connectivity index (χ1) is 14.7. The molecule has 1 aliphatic carbocycles. The number of ether oxygens (including phenoxy) is 1. The van der Waals surface area contributed by atoms with Crippen LogP contribution in [-0.4, -0.2) is 43.3 Å². The molecule has 1 amide bonds. The largest absolute Gasteiger partial charge is 0.507 e. The van der Waals surface area contributed by atoms with Crippen molar-refractivity contribution in [3.05, 3.63) is 47.1 Å². The smallest absolute Gasteiger partial charge is 0.412 e. The van der Waals surface area contributed by atoms with Gasteiger partial charge in [0.1, 0.15) is 11.5 Å². The minimum absolute atomic E-state index is 0.0551. The number of aryl methyl sites for hydroxylation is 1. The van der Waals surface area contributed by atoms with E-state index < -0.39 is 6.09 Å². The first-order valence-corrected chi connectivity index (χ1v) is 11.5. The van der Waals surface area contributed by atoms with Crippen molar-refractivity contribution < 1.29 is 14.6 Å². The Morgan fingerprint density at radius 2 is 2.06 bits per heavy atom. The molecule has 5 heteroatoms. The second-order valence-corrected chi connectivity index (χ2v) is 9.13. The van der Waals surface area contributed by atoms with Crippen molar-refractivity contribution in [2.45, 2.75) is 65.2 Å². The third kappa shape index (κ3) is 7.42. The van der Waals surface area contributed by atoms with Crippen molar-refractivity contribution in [3.8, 4) is 11.5 Å². The van der Waals surface area contributed by atoms with E-state index in [1.165, 1.54) is 5.57 Å². The minimum atomic E-state index is -0.489. The lowest BCUT2D eigenvalue weighted by molar-refractivity contribution is 0.198. The van der Waals surface area contributed by atoms with E-state index in [1.54, 1.807) is 0 Å². The van der Waals surface area contributed by atoms with E-state index in [1.807, 2.05) is 38.1 Å². The van der Waals surface area contributed by atoms with Gasteiger partial charge in [0.25, 0.3) is 0 Å². The summed E-state index contributed by atoms with van der Waals surface area (Å²) in [5.41, 5.74) is 4.06. The zero-order valence-electron chi connectivity index (χ0n) is 20.0. The number of nitrogens with zero attached hydrogens (tertiary/aromatic N) is 1. The van der Waals surface area contributed by atoms with Gasteiger partial charge in [0.2, 0.25) is 0 Å². The SMILES string of the molecule is C=C(C)[C@@H]1CCC(C)=C[C@H]1c1c(O)cc(CCCCC)cc1OC(=O)NCCN(C)C. The molecule has 2 N–H and O–H groups in total. The van der Waals surface area contributed by atoms with Crippen molar-refractivity contribution in [3.63, 3.8) is 0 Å². The highest BCUT2D eigenvalue weighted by Gasteiger charge is 2.31. The quantitative estimate of drug-likeness (QED) is 0.366. The number of carbonyl (C=O) groups is 1. The molecule has 5 nitrogen and oxygen atoms in total. The molecule has 1 aromatic rings. The molecule has 0 radical (unpaired) electrons. The standard InChI is InChI=1S/C26H40N2O3/c1-7-8-9-10-20-16-23(29)25(22-15-19(4)11-12-21(22)18(2)3)24(17-20)31-26(30)27-13-14-28(5)6/h15-17,21-22,29H,2,7-14H2,1,3-6H3,(H,27,30)/t21-,22+/m0/s1. The zero-order chi connectivity index (χ0) is 23.0. The number of unbranched alkanes of at least 4 members (excludes halogenated alkanes) is 2. The molecule has 0 unspecified atom stereocenters. The number of amides is 1. The number of nitrogens with one attached hydrogen (secondary N) is 1. The predicted octanol–water partition coefficient (Wildman–Crippen LogP) is 5.79. The molecule has 0 fully saturated rings. The van der Waals surface area contributed by atoms with Gasteiger partial charge in [-0.15, -0.1) is 0 Å². The summed E-state index contributed by atoms with van der Waals surface area (Å²) in [5, 5.41) is 13.9. The Bertz CT molecular complexity index is 798. The second-order valence-electron chi connectivity index (χ2n) is 9.13. The van der Waals surface area contributed by atoms with Crippen molar-refractivity contribution >= 4 is 6.09 Å². The summed E-state index contributed by atoms with van der Waals surface area (Å²) in [6.07, 6.45) is 7.87. The highest BCUT2D eigenvalue weighted by atomic mass is 16.6. The molecule has 1 aliphatic rings. The summed E-state index contributed by atoms with van der Waals surface area (Å²) in [6.45, 7) is 11.7. The first kappa shape index (κ1) is 25.0. The summed E-state index contributed by atoms with van der Waals surface area (Å²) < 4.78 is 5.78. The van der Waals surface area contributed by atoms with Gasteiger partial charge in [0.15, 0.2) is 0 Å². The van der Waals surface area contributed by atoms with Gasteiger partial charge in [-0.3, -0.25) is 0 Å². The van der Waals surface area contributed by atoms with E-state index in [0.29, 0.717) is 17.9 Å². The van der Waals surface area contributed by atoms with Gasteiger partial charge in [0.05, 0.1) is 0 Å². The van der Waals surface area contributed by atoms with Gasteiger partial charge >= 0.3 is 6.09 Å². The van der Waals surface area contributed by atoms with Crippen molar-refractivity contribution in [2.24, 2.45) is 5.92 Å². The molecular weight excluding hydrogens is 388 g/mol. The number of aromatic hydroxyl groups is 1. The van der Waals surface area contributed by atoms with Gasteiger partial charge in [-0.1, -0.05) is 43.6 Å². The van der Waals surface area contributed by atoms with Crippen LogP contribution in [0.1, 0.15) is 69.9 Å². The predicted molar refractivity (Wildman–Crippen MR) is 128 cm³/mol. The van der Waals surface area contributed by atoms with E-state index in [0.717, 1.165) is 56.2 Å². The van der Waals surface area contributed by atoms with Gasteiger partial charge in [-0.2, -0.15) is 0 Å². The third-order valence-electron chi connectivity index (χ3n) is 5.99. The minimum Gasteiger partial charge on any atom is -0.507 e. The maximum Gasteiger partial charge on any atom is 0.412 e. The van der Waals surface area contributed by atoms with Crippen LogP contribution in [-0.2, 0) is 6.42 Å². The lowest BCUT2D eigenvalue weighted by atomic mass is 9.73. The maximum atomic E-state index is 12.5. The van der Waals surface area contributed by atoms with Crippen LogP contribution in [0.4, 0.5) is 4.79 Å². The topological polar surface area (TPSA) is 61.8 Å². The molecule has 0 aliphatic heterocycles. The molecule has 0 spiro atoms. The summed E-state index contributed by atoms with van der Waals surface area (Å²) >= 11 is 0. The van der Waals surface area contributed by atoms with E-state index in [2.05, 4.69) is 31.8 Å². The fourth-order valence-electron chi connectivity index (χ4n) is 4.23. The molecule has 1 aromatic carbocycles. The van der Waals surface area contributed by atoms with Crippen LogP contribution >= 0.6 is 0 Å². The number of likely N-dealkylation sites (N-methyl/N-ethyl adjacent to an activating group) is 1. The Morgan fingerprint density at radius 1 is 1.32 bits per heavy atom. The number of rotatable bonds is 10. The Balaban J connectivity index is 2.39. The average molecular weight is 429 g/mol. The molecule has 0 saturated carbocycles. The molecule has 2 atom stereocenters. The molecule has 2 rings (SSSR count). The second kappa shape index (κ2) is 11.9. The highest BCUT2D eigenvalue weighted by Crippen LogP contribution is 2.47. The Hall–Kier alpha value is -2.27. The normalized spacial score (nSPS) is 18.6. The molecular formula is C26H40N2O3. The van der Waals surface area contributed by atoms with E-state index in [4.69, 9.17) is 4.74 Å². The van der Waals surface area contributed by atoms with Crippen LogP contribution in [0.2, 0.25) is 0 Å². The van der Waals surface area contributed by atoms with Crippen LogP contribution in [0, 0.1) is 5.92 Å². The van der Waals surface area contributed by atoms with Gasteiger partial charge in [-0.05, 0) is 77.2 Å². The van der Waals surface area contributed by atoms with E-state index in [-0.39, 0.29) is 17.6 Å². The molecule has 0 heterocycles. The zero-order valence-corrected chi connectivity index (χ0v) is 20.0. The van der Waals surface area contributed by atoms with Crippen molar-refractivity contribution in [1.29, 1.82) is 0 Å². The van der Waals surface area contributed by atoms with Gasteiger partial charge in [0, 0.05) is 24.6 Å². The summed E-state index contributed by atoms with van der Waals surface area (Å²) in [6, 6.07) is 3.78. The average Bonchev–Trinajstić information content (AvgIpc) is 2.67. The first-order valence-electron chi connectivity index (χ1n) is 11.5. The number of phenolic OH excluding ortho intramolecular Hbond substituents is 1. The number of carbonyl (C=O) groups excluding carboxylic acids is 1. The molecule has 0 saturated heterocycles. The van der Waals surface area contributed by atoms with Crippen molar-refractivity contribution in [1.82, 2.24) is 10.2 Å².